The molecule has 1 amide bonds. The summed E-state index contributed by atoms with van der Waals surface area (Å²) < 4.78 is 45.4. The van der Waals surface area contributed by atoms with E-state index in [1.807, 2.05) is 42.5 Å². The van der Waals surface area contributed by atoms with Crippen LogP contribution in [-0.2, 0) is 16.1 Å². The molecular formula is C33H24F3N5O4. The number of carbonyl (C=O) groups excluding carboxylic acids is 2. The number of anilines is 3. The Hall–Kier alpha value is -5.75. The Labute approximate surface area is 254 Å². The lowest BCUT2D eigenvalue weighted by atomic mass is 10.1. The predicted octanol–water partition coefficient (Wildman–Crippen LogP) is 6.96. The number of hydroxylamine groups is 1. The number of fused-ring (bicyclic) bond motifs is 3. The number of carbonyl (C=O) groups is 2. The van der Waals surface area contributed by atoms with Crippen molar-refractivity contribution in [1.82, 2.24) is 9.97 Å². The van der Waals surface area contributed by atoms with Crippen LogP contribution < -0.4 is 16.1 Å². The monoisotopic (exact) mass is 611 g/mol. The lowest BCUT2D eigenvalue weighted by Crippen LogP contribution is -2.38. The van der Waals surface area contributed by atoms with Gasteiger partial charge in [0.2, 0.25) is 0 Å². The highest BCUT2D eigenvalue weighted by molar-refractivity contribution is 6.09. The zero-order valence-electron chi connectivity index (χ0n) is 23.4. The molecule has 0 radical (unpaired) electrons. The molecule has 9 nitrogen and oxygen atoms in total. The van der Waals surface area contributed by atoms with Gasteiger partial charge in [-0.3, -0.25) is 4.79 Å². The van der Waals surface area contributed by atoms with Crippen LogP contribution in [0.4, 0.5) is 30.4 Å². The predicted molar refractivity (Wildman–Crippen MR) is 163 cm³/mol. The van der Waals surface area contributed by atoms with Crippen LogP contribution in [-0.4, -0.2) is 34.6 Å². The standard InChI is InChI=1S/C33H24F3N5O4/c34-33(35,36)32(43)45-41(31(42)21-10-8-20(9-11-21)16-17-37)23-14-12-22(13-15-23)40-29-18-27(38-19-39-29)26-6-3-5-25-24-4-1-2-7-28(24)44-30(25)26/h1-15,18-19H,16-17,37H2,(H,38,39,40). The summed E-state index contributed by atoms with van der Waals surface area (Å²) in [6, 6.07) is 27.0. The number of halogens is 3. The first-order valence-corrected chi connectivity index (χ1v) is 13.7. The fourth-order valence-electron chi connectivity index (χ4n) is 4.79. The minimum atomic E-state index is -5.32. The van der Waals surface area contributed by atoms with Crippen molar-refractivity contribution >= 4 is 51.0 Å². The maximum atomic E-state index is 13.2. The first-order chi connectivity index (χ1) is 21.7. The summed E-state index contributed by atoms with van der Waals surface area (Å²) in [5, 5.41) is 5.36. The minimum Gasteiger partial charge on any atom is -0.455 e. The smallest absolute Gasteiger partial charge is 0.455 e. The van der Waals surface area contributed by atoms with Crippen LogP contribution in [0.5, 0.6) is 0 Å². The molecule has 6 aromatic rings. The Morgan fingerprint density at radius 3 is 2.36 bits per heavy atom. The molecule has 0 spiro atoms. The summed E-state index contributed by atoms with van der Waals surface area (Å²) in [4.78, 5) is 38.1. The highest BCUT2D eigenvalue weighted by atomic mass is 19.4. The zero-order valence-corrected chi connectivity index (χ0v) is 23.4. The van der Waals surface area contributed by atoms with Gasteiger partial charge in [0.05, 0.1) is 11.4 Å². The van der Waals surface area contributed by atoms with Gasteiger partial charge in [0, 0.05) is 33.7 Å². The maximum Gasteiger partial charge on any atom is 0.493 e. The van der Waals surface area contributed by atoms with Gasteiger partial charge in [-0.2, -0.15) is 13.2 Å². The van der Waals surface area contributed by atoms with E-state index in [1.54, 1.807) is 18.2 Å². The molecule has 2 aromatic heterocycles. The molecule has 0 saturated carbocycles. The van der Waals surface area contributed by atoms with Gasteiger partial charge in [0.1, 0.15) is 23.3 Å². The molecule has 0 aliphatic heterocycles. The molecule has 4 aromatic carbocycles. The van der Waals surface area contributed by atoms with Gasteiger partial charge in [-0.25, -0.2) is 14.8 Å². The topological polar surface area (TPSA) is 124 Å². The number of amides is 1. The normalized spacial score (nSPS) is 11.5. The summed E-state index contributed by atoms with van der Waals surface area (Å²) in [5.74, 6) is -3.08. The van der Waals surface area contributed by atoms with E-state index in [-0.39, 0.29) is 11.3 Å². The van der Waals surface area contributed by atoms with Crippen molar-refractivity contribution in [3.05, 3.63) is 115 Å². The Kier molecular flexibility index (Phi) is 7.88. The second kappa shape index (κ2) is 12.1. The number of nitrogens with zero attached hydrogens (tertiary/aromatic N) is 3. The number of alkyl halides is 3. The van der Waals surface area contributed by atoms with Gasteiger partial charge >= 0.3 is 12.1 Å². The third kappa shape index (κ3) is 6.17. The van der Waals surface area contributed by atoms with Crippen LogP contribution in [0.15, 0.2) is 108 Å². The van der Waals surface area contributed by atoms with Crippen LogP contribution in [0.2, 0.25) is 0 Å². The van der Waals surface area contributed by atoms with Gasteiger partial charge in [0.25, 0.3) is 5.91 Å². The molecule has 2 heterocycles. The van der Waals surface area contributed by atoms with Crippen molar-refractivity contribution in [3.63, 3.8) is 0 Å². The first-order valence-electron chi connectivity index (χ1n) is 13.7. The van der Waals surface area contributed by atoms with Crippen molar-refractivity contribution in [2.75, 3.05) is 16.9 Å². The highest BCUT2D eigenvalue weighted by Crippen LogP contribution is 2.35. The van der Waals surface area contributed by atoms with E-state index in [0.717, 1.165) is 27.5 Å². The highest BCUT2D eigenvalue weighted by Gasteiger charge is 2.44. The van der Waals surface area contributed by atoms with Gasteiger partial charge in [-0.1, -0.05) is 42.5 Å². The molecule has 0 saturated heterocycles. The summed E-state index contributed by atoms with van der Waals surface area (Å²) in [5.41, 5.74) is 9.59. The number of nitrogens with two attached hydrogens (primary N) is 1. The van der Waals surface area contributed by atoms with Crippen molar-refractivity contribution in [2.45, 2.75) is 12.6 Å². The van der Waals surface area contributed by atoms with E-state index in [0.29, 0.717) is 40.8 Å². The average molecular weight is 612 g/mol. The first kappa shape index (κ1) is 29.3. The van der Waals surface area contributed by atoms with E-state index in [2.05, 4.69) is 20.1 Å². The quantitative estimate of drug-likeness (QED) is 0.186. The molecule has 0 atom stereocenters. The lowest BCUT2D eigenvalue weighted by molar-refractivity contribution is -0.199. The van der Waals surface area contributed by atoms with Crippen LogP contribution in [0.3, 0.4) is 0 Å². The second-order valence-corrected chi connectivity index (χ2v) is 9.95. The summed E-state index contributed by atoms with van der Waals surface area (Å²) >= 11 is 0. The van der Waals surface area contributed by atoms with E-state index < -0.39 is 18.1 Å². The Bertz CT molecular complexity index is 2010. The minimum absolute atomic E-state index is 0.0148. The molecule has 0 fully saturated rings. The number of nitrogens with one attached hydrogen (secondary N) is 1. The third-order valence-electron chi connectivity index (χ3n) is 6.95. The Morgan fingerprint density at radius 1 is 0.889 bits per heavy atom. The van der Waals surface area contributed by atoms with Gasteiger partial charge in [0.15, 0.2) is 0 Å². The molecule has 45 heavy (non-hydrogen) atoms. The molecule has 0 aliphatic rings. The average Bonchev–Trinajstić information content (AvgIpc) is 3.43. The van der Waals surface area contributed by atoms with Crippen LogP contribution >= 0.6 is 0 Å². The largest absolute Gasteiger partial charge is 0.493 e. The SMILES string of the molecule is NCCc1ccc(C(=O)N(OC(=O)C(F)(F)F)c2ccc(Nc3cc(-c4cccc5c4oc4ccccc45)ncn3)cc2)cc1. The van der Waals surface area contributed by atoms with E-state index >= 15 is 0 Å². The molecule has 0 bridgehead atoms. The summed E-state index contributed by atoms with van der Waals surface area (Å²) in [6.07, 6.45) is -3.37. The number of furan rings is 1. The number of para-hydroxylation sites is 2. The van der Waals surface area contributed by atoms with Gasteiger partial charge < -0.3 is 20.3 Å². The summed E-state index contributed by atoms with van der Waals surface area (Å²) in [6.45, 7) is 0.386. The zero-order chi connectivity index (χ0) is 31.6. The summed E-state index contributed by atoms with van der Waals surface area (Å²) in [7, 11) is 0. The molecule has 0 aliphatic carbocycles. The van der Waals surface area contributed by atoms with Crippen LogP contribution in [0.1, 0.15) is 15.9 Å². The number of hydrogen-bond acceptors (Lipinski definition) is 8. The molecule has 0 unspecified atom stereocenters. The van der Waals surface area contributed by atoms with E-state index in [9.17, 15) is 22.8 Å². The number of aromatic nitrogens is 2. The van der Waals surface area contributed by atoms with Crippen molar-refractivity contribution in [1.29, 1.82) is 0 Å². The van der Waals surface area contributed by atoms with Gasteiger partial charge in [-0.05, 0) is 67.1 Å². The van der Waals surface area contributed by atoms with Gasteiger partial charge in [-0.15, -0.1) is 5.06 Å². The van der Waals surface area contributed by atoms with E-state index in [4.69, 9.17) is 10.2 Å². The lowest BCUT2D eigenvalue weighted by Gasteiger charge is -2.22. The molecule has 3 N–H and O–H groups in total. The second-order valence-electron chi connectivity index (χ2n) is 9.95. The van der Waals surface area contributed by atoms with Crippen molar-refractivity contribution < 1.29 is 32.0 Å². The Balaban J connectivity index is 1.26. The number of rotatable bonds is 7. The van der Waals surface area contributed by atoms with E-state index in [1.165, 1.54) is 42.7 Å². The van der Waals surface area contributed by atoms with Crippen LogP contribution in [0.25, 0.3) is 33.2 Å². The fraction of sp³-hybridized carbons (Fsp3) is 0.0909. The maximum absolute atomic E-state index is 13.2. The fourth-order valence-corrected chi connectivity index (χ4v) is 4.79. The molecule has 6 rings (SSSR count). The molecule has 12 heteroatoms. The van der Waals surface area contributed by atoms with Crippen molar-refractivity contribution in [3.8, 4) is 11.3 Å². The molecule has 226 valence electrons. The Morgan fingerprint density at radius 2 is 1.62 bits per heavy atom. The number of hydrogen-bond donors (Lipinski definition) is 2. The van der Waals surface area contributed by atoms with Crippen LogP contribution in [0, 0.1) is 0 Å². The number of benzene rings is 4. The molecular weight excluding hydrogens is 587 g/mol. The third-order valence-corrected chi connectivity index (χ3v) is 6.95. The van der Waals surface area contributed by atoms with Crippen molar-refractivity contribution in [2.24, 2.45) is 5.73 Å².